The molecule has 0 unspecified atom stereocenters. The third kappa shape index (κ3) is 1.52. The molecule has 12 heavy (non-hydrogen) atoms. The maximum Gasteiger partial charge on any atom is 0.340 e. The molecule has 0 bridgehead atoms. The van der Waals surface area contributed by atoms with E-state index in [2.05, 4.69) is 4.98 Å². The quantitative estimate of drug-likeness (QED) is 0.630. The number of nitrogens with zero attached hydrogens (tertiary/aromatic N) is 1. The SMILES string of the molecule is O=C(O)c1c(I)cnc(F)c1F. The van der Waals surface area contributed by atoms with Crippen molar-refractivity contribution in [3.63, 3.8) is 0 Å². The van der Waals surface area contributed by atoms with E-state index < -0.39 is 23.3 Å². The normalized spacial score (nSPS) is 9.92. The van der Waals surface area contributed by atoms with Crippen LogP contribution in [-0.4, -0.2) is 16.1 Å². The van der Waals surface area contributed by atoms with E-state index in [0.717, 1.165) is 6.20 Å². The summed E-state index contributed by atoms with van der Waals surface area (Å²) in [6.45, 7) is 0. The molecule has 1 aromatic heterocycles. The smallest absolute Gasteiger partial charge is 0.340 e. The van der Waals surface area contributed by atoms with Gasteiger partial charge in [0.15, 0.2) is 5.82 Å². The molecular weight excluding hydrogens is 283 g/mol. The average molecular weight is 285 g/mol. The van der Waals surface area contributed by atoms with E-state index in [-0.39, 0.29) is 3.57 Å². The van der Waals surface area contributed by atoms with Gasteiger partial charge in [0.2, 0.25) is 5.95 Å². The van der Waals surface area contributed by atoms with E-state index >= 15 is 0 Å². The summed E-state index contributed by atoms with van der Waals surface area (Å²) < 4.78 is 25.1. The van der Waals surface area contributed by atoms with Gasteiger partial charge in [0.1, 0.15) is 5.56 Å². The number of hydrogen-bond acceptors (Lipinski definition) is 2. The van der Waals surface area contributed by atoms with Gasteiger partial charge in [-0.2, -0.15) is 4.39 Å². The largest absolute Gasteiger partial charge is 0.478 e. The molecule has 0 aromatic carbocycles. The van der Waals surface area contributed by atoms with E-state index in [4.69, 9.17) is 5.11 Å². The Kier molecular flexibility index (Phi) is 2.55. The number of carboxylic acid groups (broad SMARTS) is 1. The summed E-state index contributed by atoms with van der Waals surface area (Å²) in [6.07, 6.45) is 0.961. The topological polar surface area (TPSA) is 50.2 Å². The van der Waals surface area contributed by atoms with Gasteiger partial charge >= 0.3 is 5.97 Å². The Balaban J connectivity index is 3.43. The van der Waals surface area contributed by atoms with Gasteiger partial charge in [0, 0.05) is 9.77 Å². The molecule has 6 heteroatoms. The van der Waals surface area contributed by atoms with Gasteiger partial charge in [0.05, 0.1) is 0 Å². The fraction of sp³-hybridized carbons (Fsp3) is 0. The Morgan fingerprint density at radius 3 is 2.58 bits per heavy atom. The molecule has 0 atom stereocenters. The van der Waals surface area contributed by atoms with Crippen molar-refractivity contribution in [1.82, 2.24) is 4.98 Å². The first kappa shape index (κ1) is 9.30. The number of rotatable bonds is 1. The highest BCUT2D eigenvalue weighted by Crippen LogP contribution is 2.16. The third-order valence-electron chi connectivity index (χ3n) is 1.14. The van der Waals surface area contributed by atoms with E-state index in [1.807, 2.05) is 0 Å². The Morgan fingerprint density at radius 1 is 1.58 bits per heavy atom. The highest BCUT2D eigenvalue weighted by Gasteiger charge is 2.18. The maximum absolute atomic E-state index is 12.7. The second kappa shape index (κ2) is 3.30. The molecule has 0 saturated carbocycles. The van der Waals surface area contributed by atoms with Crippen LogP contribution in [0, 0.1) is 15.3 Å². The van der Waals surface area contributed by atoms with Gasteiger partial charge < -0.3 is 5.11 Å². The first-order chi connectivity index (χ1) is 5.54. The van der Waals surface area contributed by atoms with E-state index in [0.29, 0.717) is 0 Å². The Bertz CT molecular complexity index is 343. The standard InChI is InChI=1S/C6H2F2INO2/c7-4-3(6(11)12)2(9)1-10-5(4)8/h1H,(H,11,12). The number of carbonyl (C=O) groups is 1. The van der Waals surface area contributed by atoms with Crippen LogP contribution in [0.5, 0.6) is 0 Å². The Hall–Kier alpha value is -0.790. The van der Waals surface area contributed by atoms with E-state index in [1.54, 1.807) is 22.6 Å². The number of carboxylic acids is 1. The highest BCUT2D eigenvalue weighted by atomic mass is 127. The van der Waals surface area contributed by atoms with Crippen LogP contribution in [0.4, 0.5) is 8.78 Å². The van der Waals surface area contributed by atoms with Crippen LogP contribution in [0.3, 0.4) is 0 Å². The molecule has 0 fully saturated rings. The Morgan fingerprint density at radius 2 is 2.17 bits per heavy atom. The van der Waals surface area contributed by atoms with Gasteiger partial charge in [-0.1, -0.05) is 0 Å². The van der Waals surface area contributed by atoms with Gasteiger partial charge in [-0.25, -0.2) is 14.2 Å². The minimum atomic E-state index is -1.50. The predicted octanol–water partition coefficient (Wildman–Crippen LogP) is 1.66. The fourth-order valence-corrected chi connectivity index (χ4v) is 1.25. The number of hydrogen-bond donors (Lipinski definition) is 1. The molecule has 1 N–H and O–H groups in total. The monoisotopic (exact) mass is 285 g/mol. The van der Waals surface area contributed by atoms with Crippen LogP contribution >= 0.6 is 22.6 Å². The zero-order valence-corrected chi connectivity index (χ0v) is 7.67. The van der Waals surface area contributed by atoms with Crippen LogP contribution in [0.1, 0.15) is 10.4 Å². The molecular formula is C6H2F2INO2. The average Bonchev–Trinajstić information content (AvgIpc) is 1.97. The van der Waals surface area contributed by atoms with Crippen LogP contribution in [0.25, 0.3) is 0 Å². The van der Waals surface area contributed by atoms with Crippen molar-refractivity contribution in [2.45, 2.75) is 0 Å². The molecule has 0 aliphatic rings. The second-order valence-corrected chi connectivity index (χ2v) is 3.05. The molecule has 0 spiro atoms. The highest BCUT2D eigenvalue weighted by molar-refractivity contribution is 14.1. The van der Waals surface area contributed by atoms with Crippen molar-refractivity contribution in [2.24, 2.45) is 0 Å². The summed E-state index contributed by atoms with van der Waals surface area (Å²) in [6, 6.07) is 0. The van der Waals surface area contributed by atoms with E-state index in [9.17, 15) is 13.6 Å². The maximum atomic E-state index is 12.7. The van der Waals surface area contributed by atoms with Crippen molar-refractivity contribution < 1.29 is 18.7 Å². The lowest BCUT2D eigenvalue weighted by Crippen LogP contribution is -2.07. The van der Waals surface area contributed by atoms with Crippen LogP contribution in [-0.2, 0) is 0 Å². The van der Waals surface area contributed by atoms with Crippen LogP contribution < -0.4 is 0 Å². The first-order valence-electron chi connectivity index (χ1n) is 2.77. The molecule has 0 saturated heterocycles. The second-order valence-electron chi connectivity index (χ2n) is 1.89. The van der Waals surface area contributed by atoms with Gasteiger partial charge in [-0.05, 0) is 22.6 Å². The summed E-state index contributed by atoms with van der Waals surface area (Å²) in [5, 5.41) is 8.43. The summed E-state index contributed by atoms with van der Waals surface area (Å²) in [5.74, 6) is -4.32. The molecule has 1 heterocycles. The lowest BCUT2D eigenvalue weighted by atomic mass is 10.2. The zero-order valence-electron chi connectivity index (χ0n) is 5.51. The van der Waals surface area contributed by atoms with Gasteiger partial charge in [-0.15, -0.1) is 0 Å². The minimum absolute atomic E-state index is 0.0685. The summed E-state index contributed by atoms with van der Waals surface area (Å²) in [4.78, 5) is 13.4. The lowest BCUT2D eigenvalue weighted by molar-refractivity contribution is 0.0689. The first-order valence-corrected chi connectivity index (χ1v) is 3.84. The van der Waals surface area contributed by atoms with E-state index in [1.165, 1.54) is 0 Å². The zero-order chi connectivity index (χ0) is 9.30. The molecule has 1 rings (SSSR count). The van der Waals surface area contributed by atoms with Gasteiger partial charge in [0.25, 0.3) is 0 Å². The third-order valence-corrected chi connectivity index (χ3v) is 1.96. The molecule has 1 aromatic rings. The molecule has 0 amide bonds. The molecule has 0 radical (unpaired) electrons. The number of aromatic carboxylic acids is 1. The van der Waals surface area contributed by atoms with Crippen molar-refractivity contribution in [1.29, 1.82) is 0 Å². The van der Waals surface area contributed by atoms with Crippen LogP contribution in [0.2, 0.25) is 0 Å². The lowest BCUT2D eigenvalue weighted by Gasteiger charge is -1.99. The molecule has 3 nitrogen and oxygen atoms in total. The number of halogens is 3. The van der Waals surface area contributed by atoms with Crippen LogP contribution in [0.15, 0.2) is 6.20 Å². The summed E-state index contributed by atoms with van der Waals surface area (Å²) >= 11 is 1.57. The van der Waals surface area contributed by atoms with Crippen molar-refractivity contribution >= 4 is 28.6 Å². The predicted molar refractivity (Wildman–Crippen MR) is 43.8 cm³/mol. The van der Waals surface area contributed by atoms with Gasteiger partial charge in [-0.3, -0.25) is 0 Å². The Labute approximate surface area is 79.6 Å². The molecule has 0 aliphatic heterocycles. The fourth-order valence-electron chi connectivity index (χ4n) is 0.639. The summed E-state index contributed by atoms with van der Waals surface area (Å²) in [5.41, 5.74) is -0.678. The molecule has 64 valence electrons. The number of aromatic nitrogens is 1. The van der Waals surface area contributed by atoms with Crippen molar-refractivity contribution in [3.05, 3.63) is 27.1 Å². The summed E-state index contributed by atoms with van der Waals surface area (Å²) in [7, 11) is 0. The minimum Gasteiger partial charge on any atom is -0.478 e. The molecule has 0 aliphatic carbocycles. The number of pyridine rings is 1. The van der Waals surface area contributed by atoms with Crippen molar-refractivity contribution in [2.75, 3.05) is 0 Å². The van der Waals surface area contributed by atoms with Crippen molar-refractivity contribution in [3.8, 4) is 0 Å².